The van der Waals surface area contributed by atoms with Crippen LogP contribution in [0.4, 0.5) is 0 Å². The molecule has 1 aliphatic heterocycles. The average molecular weight is 226 g/mol. The Bertz CT molecular complexity index is 196. The fourth-order valence-corrected chi connectivity index (χ4v) is 2.96. The lowest BCUT2D eigenvalue weighted by Gasteiger charge is -2.33. The quantitative estimate of drug-likeness (QED) is 0.679. The molecule has 1 atom stereocenters. The summed E-state index contributed by atoms with van der Waals surface area (Å²) < 4.78 is 0. The van der Waals surface area contributed by atoms with E-state index in [1.807, 2.05) is 0 Å². The van der Waals surface area contributed by atoms with Crippen molar-refractivity contribution in [3.63, 3.8) is 0 Å². The zero-order valence-corrected chi connectivity index (χ0v) is 10.3. The Morgan fingerprint density at radius 1 is 1.12 bits per heavy atom. The van der Waals surface area contributed by atoms with Gasteiger partial charge in [-0.15, -0.1) is 0 Å². The van der Waals surface area contributed by atoms with Crippen molar-refractivity contribution >= 4 is 0 Å². The van der Waals surface area contributed by atoms with E-state index in [9.17, 15) is 5.11 Å². The Morgan fingerprint density at radius 2 is 1.94 bits per heavy atom. The van der Waals surface area contributed by atoms with E-state index in [0.717, 1.165) is 32.5 Å². The van der Waals surface area contributed by atoms with Gasteiger partial charge >= 0.3 is 0 Å². The van der Waals surface area contributed by atoms with Gasteiger partial charge in [-0.25, -0.2) is 0 Å². The highest BCUT2D eigenvalue weighted by atomic mass is 16.3. The molecule has 3 N–H and O–H groups in total. The van der Waals surface area contributed by atoms with Gasteiger partial charge in [-0.1, -0.05) is 25.7 Å². The standard InChI is InChI=1S/C13H26N2O/c16-13(7-3-1-4-8-13)11-14-10-12-6-2-5-9-15-12/h12,14-16H,1-11H2. The molecule has 1 aliphatic carbocycles. The molecule has 0 spiro atoms. The molecular weight excluding hydrogens is 200 g/mol. The Morgan fingerprint density at radius 3 is 2.62 bits per heavy atom. The summed E-state index contributed by atoms with van der Waals surface area (Å²) in [6.45, 7) is 2.96. The molecule has 1 saturated heterocycles. The van der Waals surface area contributed by atoms with Gasteiger partial charge in [-0.3, -0.25) is 0 Å². The zero-order chi connectivity index (χ0) is 11.3. The van der Waals surface area contributed by atoms with Gasteiger partial charge in [0.15, 0.2) is 0 Å². The van der Waals surface area contributed by atoms with Gasteiger partial charge in [0, 0.05) is 19.1 Å². The van der Waals surface area contributed by atoms with Gasteiger partial charge in [0.05, 0.1) is 5.60 Å². The summed E-state index contributed by atoms with van der Waals surface area (Å²) in [6, 6.07) is 0.626. The molecule has 0 radical (unpaired) electrons. The lowest BCUT2D eigenvalue weighted by molar-refractivity contribution is 0.00453. The molecule has 16 heavy (non-hydrogen) atoms. The first-order valence-corrected chi connectivity index (χ1v) is 6.95. The number of nitrogens with one attached hydrogen (secondary N) is 2. The summed E-state index contributed by atoms with van der Waals surface area (Å²) in [5.74, 6) is 0. The van der Waals surface area contributed by atoms with Gasteiger partial charge in [-0.05, 0) is 32.2 Å². The van der Waals surface area contributed by atoms with Gasteiger partial charge in [0.25, 0.3) is 0 Å². The average Bonchev–Trinajstić information content (AvgIpc) is 2.31. The first-order chi connectivity index (χ1) is 7.79. The third-order valence-corrected chi connectivity index (χ3v) is 4.04. The largest absolute Gasteiger partial charge is 0.389 e. The van der Waals surface area contributed by atoms with Crippen molar-refractivity contribution in [2.75, 3.05) is 19.6 Å². The highest BCUT2D eigenvalue weighted by Crippen LogP contribution is 2.27. The van der Waals surface area contributed by atoms with Crippen LogP contribution in [0.15, 0.2) is 0 Å². The van der Waals surface area contributed by atoms with Gasteiger partial charge in [-0.2, -0.15) is 0 Å². The Labute approximate surface area is 99.0 Å². The topological polar surface area (TPSA) is 44.3 Å². The van der Waals surface area contributed by atoms with Crippen molar-refractivity contribution < 1.29 is 5.11 Å². The van der Waals surface area contributed by atoms with E-state index in [1.54, 1.807) is 0 Å². The summed E-state index contributed by atoms with van der Waals surface area (Å²) in [6.07, 6.45) is 9.61. The summed E-state index contributed by atoms with van der Waals surface area (Å²) in [4.78, 5) is 0. The predicted octanol–water partition coefficient (Wildman–Crippen LogP) is 1.41. The molecule has 0 aromatic carbocycles. The highest BCUT2D eigenvalue weighted by Gasteiger charge is 2.28. The van der Waals surface area contributed by atoms with Crippen molar-refractivity contribution in [3.8, 4) is 0 Å². The summed E-state index contributed by atoms with van der Waals surface area (Å²) in [7, 11) is 0. The van der Waals surface area contributed by atoms with Crippen LogP contribution in [0.25, 0.3) is 0 Å². The molecule has 0 aromatic rings. The fraction of sp³-hybridized carbons (Fsp3) is 1.00. The molecular formula is C13H26N2O. The maximum absolute atomic E-state index is 10.3. The number of hydrogen-bond donors (Lipinski definition) is 3. The first-order valence-electron chi connectivity index (χ1n) is 6.95. The zero-order valence-electron chi connectivity index (χ0n) is 10.3. The molecule has 1 saturated carbocycles. The van der Waals surface area contributed by atoms with Crippen LogP contribution in [0.1, 0.15) is 51.4 Å². The van der Waals surface area contributed by atoms with Gasteiger partial charge in [0.1, 0.15) is 0 Å². The van der Waals surface area contributed by atoms with Crippen molar-refractivity contribution in [2.45, 2.75) is 63.0 Å². The van der Waals surface area contributed by atoms with E-state index in [0.29, 0.717) is 6.04 Å². The number of piperidine rings is 1. The first kappa shape index (κ1) is 12.3. The molecule has 1 heterocycles. The minimum atomic E-state index is -0.410. The second-order valence-corrected chi connectivity index (χ2v) is 5.56. The fourth-order valence-electron chi connectivity index (χ4n) is 2.96. The van der Waals surface area contributed by atoms with Crippen molar-refractivity contribution in [1.82, 2.24) is 10.6 Å². The predicted molar refractivity (Wildman–Crippen MR) is 66.5 cm³/mol. The van der Waals surface area contributed by atoms with E-state index in [2.05, 4.69) is 10.6 Å². The van der Waals surface area contributed by atoms with Crippen LogP contribution in [-0.2, 0) is 0 Å². The molecule has 0 amide bonds. The molecule has 2 fully saturated rings. The van der Waals surface area contributed by atoms with E-state index in [1.165, 1.54) is 38.5 Å². The Hall–Kier alpha value is -0.120. The molecule has 0 aromatic heterocycles. The van der Waals surface area contributed by atoms with Gasteiger partial charge in [0.2, 0.25) is 0 Å². The Balaban J connectivity index is 1.62. The summed E-state index contributed by atoms with van der Waals surface area (Å²) in [5, 5.41) is 17.3. The lowest BCUT2D eigenvalue weighted by Crippen LogP contribution is -2.47. The van der Waals surface area contributed by atoms with Crippen molar-refractivity contribution in [3.05, 3.63) is 0 Å². The maximum atomic E-state index is 10.3. The van der Waals surface area contributed by atoms with Crippen molar-refractivity contribution in [1.29, 1.82) is 0 Å². The van der Waals surface area contributed by atoms with E-state index < -0.39 is 5.60 Å². The molecule has 3 heteroatoms. The summed E-state index contributed by atoms with van der Waals surface area (Å²) >= 11 is 0. The lowest BCUT2D eigenvalue weighted by atomic mass is 9.85. The van der Waals surface area contributed by atoms with Crippen LogP contribution in [0.5, 0.6) is 0 Å². The third kappa shape index (κ3) is 3.72. The van der Waals surface area contributed by atoms with Crippen LogP contribution in [0, 0.1) is 0 Å². The van der Waals surface area contributed by atoms with Crippen LogP contribution >= 0.6 is 0 Å². The molecule has 94 valence electrons. The normalized spacial score (nSPS) is 30.2. The molecule has 2 aliphatic rings. The smallest absolute Gasteiger partial charge is 0.0771 e. The van der Waals surface area contributed by atoms with Crippen LogP contribution in [0.2, 0.25) is 0 Å². The Kier molecular flexibility index (Phi) is 4.62. The van der Waals surface area contributed by atoms with Crippen LogP contribution in [-0.4, -0.2) is 36.4 Å². The molecule has 0 bridgehead atoms. The molecule has 1 unspecified atom stereocenters. The SMILES string of the molecule is OC1(CNCC2CCCCN2)CCCCC1. The second kappa shape index (κ2) is 5.99. The van der Waals surface area contributed by atoms with E-state index >= 15 is 0 Å². The van der Waals surface area contributed by atoms with Crippen LogP contribution < -0.4 is 10.6 Å². The maximum Gasteiger partial charge on any atom is 0.0771 e. The van der Waals surface area contributed by atoms with E-state index in [-0.39, 0.29) is 0 Å². The van der Waals surface area contributed by atoms with E-state index in [4.69, 9.17) is 0 Å². The number of hydrogen-bond acceptors (Lipinski definition) is 3. The summed E-state index contributed by atoms with van der Waals surface area (Å²) in [5.41, 5.74) is -0.410. The third-order valence-electron chi connectivity index (χ3n) is 4.04. The van der Waals surface area contributed by atoms with Crippen LogP contribution in [0.3, 0.4) is 0 Å². The van der Waals surface area contributed by atoms with Crippen molar-refractivity contribution in [2.24, 2.45) is 0 Å². The minimum Gasteiger partial charge on any atom is -0.389 e. The molecule has 3 nitrogen and oxygen atoms in total. The van der Waals surface area contributed by atoms with Gasteiger partial charge < -0.3 is 15.7 Å². The highest BCUT2D eigenvalue weighted by molar-refractivity contribution is 4.85. The molecule has 2 rings (SSSR count). The second-order valence-electron chi connectivity index (χ2n) is 5.56. The number of aliphatic hydroxyl groups is 1. The number of rotatable bonds is 4. The minimum absolute atomic E-state index is 0.410. The monoisotopic (exact) mass is 226 g/mol.